The molecule has 1 heterocycles. The topological polar surface area (TPSA) is 64.1 Å². The quantitative estimate of drug-likeness (QED) is 0.809. The van der Waals surface area contributed by atoms with Gasteiger partial charge < -0.3 is 4.74 Å². The lowest BCUT2D eigenvalue weighted by Crippen LogP contribution is -2.20. The third-order valence-electron chi connectivity index (χ3n) is 3.20. The Bertz CT molecular complexity index is 441. The van der Waals surface area contributed by atoms with Crippen molar-refractivity contribution in [3.8, 4) is 0 Å². The second kappa shape index (κ2) is 5.21. The number of aromatic nitrogens is 2. The molecule has 0 radical (unpaired) electrons. The molecule has 17 heavy (non-hydrogen) atoms. The summed E-state index contributed by atoms with van der Waals surface area (Å²) in [6, 6.07) is 1.31. The van der Waals surface area contributed by atoms with Gasteiger partial charge in [-0.25, -0.2) is 4.79 Å². The number of H-pyrrole nitrogens is 1. The van der Waals surface area contributed by atoms with Crippen LogP contribution in [-0.2, 0) is 11.3 Å². The van der Waals surface area contributed by atoms with Crippen molar-refractivity contribution in [1.82, 2.24) is 9.78 Å². The van der Waals surface area contributed by atoms with E-state index < -0.39 is 5.97 Å². The summed E-state index contributed by atoms with van der Waals surface area (Å²) in [6.45, 7) is 2.73. The van der Waals surface area contributed by atoms with Crippen molar-refractivity contribution < 1.29 is 9.53 Å². The van der Waals surface area contributed by atoms with Gasteiger partial charge in [0.25, 0.3) is 5.56 Å². The molecule has 0 spiro atoms. The molecule has 0 unspecified atom stereocenters. The molecule has 0 amide bonds. The predicted octanol–water partition coefficient (Wildman–Crippen LogP) is 1.54. The van der Waals surface area contributed by atoms with E-state index >= 15 is 0 Å². The predicted molar refractivity (Wildman–Crippen MR) is 63.0 cm³/mol. The van der Waals surface area contributed by atoms with Gasteiger partial charge in [-0.15, -0.1) is 0 Å². The fourth-order valence-electron chi connectivity index (χ4n) is 2.33. The van der Waals surface area contributed by atoms with Gasteiger partial charge >= 0.3 is 5.97 Å². The van der Waals surface area contributed by atoms with Gasteiger partial charge in [0.1, 0.15) is 5.69 Å². The Labute approximate surface area is 99.8 Å². The van der Waals surface area contributed by atoms with E-state index in [4.69, 9.17) is 4.74 Å². The lowest BCUT2D eigenvalue weighted by atomic mass is 10.1. The summed E-state index contributed by atoms with van der Waals surface area (Å²) in [5.74, 6) is 0.0937. The van der Waals surface area contributed by atoms with Gasteiger partial charge in [-0.1, -0.05) is 12.8 Å². The van der Waals surface area contributed by atoms with Crippen LogP contribution < -0.4 is 5.56 Å². The molecule has 1 aromatic heterocycles. The number of ether oxygens (including phenoxy) is 1. The lowest BCUT2D eigenvalue weighted by molar-refractivity contribution is 0.0518. The van der Waals surface area contributed by atoms with E-state index in [-0.39, 0.29) is 11.3 Å². The van der Waals surface area contributed by atoms with E-state index in [2.05, 4.69) is 5.10 Å². The van der Waals surface area contributed by atoms with E-state index in [0.29, 0.717) is 19.1 Å². The number of nitrogens with one attached hydrogen (secondary N) is 1. The van der Waals surface area contributed by atoms with Gasteiger partial charge in [0.05, 0.1) is 6.61 Å². The molecule has 1 fully saturated rings. The third-order valence-corrected chi connectivity index (χ3v) is 3.20. The minimum absolute atomic E-state index is 0.153. The maximum atomic E-state index is 11.7. The van der Waals surface area contributed by atoms with Crippen molar-refractivity contribution in [2.75, 3.05) is 6.61 Å². The van der Waals surface area contributed by atoms with Crippen LogP contribution in [0.3, 0.4) is 0 Å². The normalized spacial score (nSPS) is 16.3. The largest absolute Gasteiger partial charge is 0.461 e. The summed E-state index contributed by atoms with van der Waals surface area (Å²) in [6.07, 6.45) is 4.82. The maximum absolute atomic E-state index is 11.7. The monoisotopic (exact) mass is 238 g/mol. The minimum Gasteiger partial charge on any atom is -0.461 e. The van der Waals surface area contributed by atoms with Crippen LogP contribution in [0.25, 0.3) is 0 Å². The van der Waals surface area contributed by atoms with E-state index in [1.165, 1.54) is 36.4 Å². The molecular weight excluding hydrogens is 220 g/mol. The van der Waals surface area contributed by atoms with E-state index in [1.807, 2.05) is 0 Å². The fraction of sp³-hybridized carbons (Fsp3) is 0.667. The van der Waals surface area contributed by atoms with Crippen LogP contribution in [0.15, 0.2) is 10.9 Å². The number of carbonyl (C=O) groups is 1. The van der Waals surface area contributed by atoms with Gasteiger partial charge in [0, 0.05) is 12.6 Å². The molecule has 94 valence electrons. The van der Waals surface area contributed by atoms with Gasteiger partial charge in [0.15, 0.2) is 0 Å². The van der Waals surface area contributed by atoms with Crippen molar-refractivity contribution in [3.05, 3.63) is 22.1 Å². The first-order valence-corrected chi connectivity index (χ1v) is 6.17. The molecule has 1 N–H and O–H groups in total. The first-order chi connectivity index (χ1) is 8.20. The summed E-state index contributed by atoms with van der Waals surface area (Å²) < 4.78 is 6.36. The number of rotatable bonds is 4. The zero-order chi connectivity index (χ0) is 12.3. The third kappa shape index (κ3) is 2.78. The van der Waals surface area contributed by atoms with Crippen LogP contribution in [0.2, 0.25) is 0 Å². The van der Waals surface area contributed by atoms with Crippen molar-refractivity contribution >= 4 is 5.97 Å². The highest BCUT2D eigenvalue weighted by Gasteiger charge is 2.18. The molecule has 1 aliphatic carbocycles. The zero-order valence-corrected chi connectivity index (χ0v) is 10.1. The number of hydrogen-bond donors (Lipinski definition) is 1. The second-order valence-electron chi connectivity index (χ2n) is 4.49. The Morgan fingerprint density at radius 3 is 2.88 bits per heavy atom. The maximum Gasteiger partial charge on any atom is 0.356 e. The highest BCUT2D eigenvalue weighted by molar-refractivity contribution is 5.86. The van der Waals surface area contributed by atoms with Crippen LogP contribution in [0.5, 0.6) is 0 Å². The van der Waals surface area contributed by atoms with Gasteiger partial charge in [-0.2, -0.15) is 0 Å². The van der Waals surface area contributed by atoms with Crippen molar-refractivity contribution in [3.63, 3.8) is 0 Å². The molecule has 5 nitrogen and oxygen atoms in total. The lowest BCUT2D eigenvalue weighted by Gasteiger charge is -2.08. The number of carbonyl (C=O) groups excluding carboxylic acids is 1. The van der Waals surface area contributed by atoms with Crippen LogP contribution >= 0.6 is 0 Å². The molecule has 0 saturated heterocycles. The Morgan fingerprint density at radius 2 is 2.24 bits per heavy atom. The smallest absolute Gasteiger partial charge is 0.356 e. The number of hydrogen-bond acceptors (Lipinski definition) is 3. The van der Waals surface area contributed by atoms with Gasteiger partial charge in [-0.3, -0.25) is 14.6 Å². The van der Waals surface area contributed by atoms with E-state index in [1.54, 1.807) is 6.92 Å². The van der Waals surface area contributed by atoms with Crippen molar-refractivity contribution in [2.24, 2.45) is 5.92 Å². The highest BCUT2D eigenvalue weighted by atomic mass is 16.5. The summed E-state index contributed by atoms with van der Waals surface area (Å²) in [4.78, 5) is 23.1. The van der Waals surface area contributed by atoms with E-state index in [9.17, 15) is 9.59 Å². The first kappa shape index (κ1) is 12.0. The molecular formula is C12H18N2O3. The molecule has 0 aliphatic heterocycles. The van der Waals surface area contributed by atoms with Gasteiger partial charge in [0.2, 0.25) is 0 Å². The molecule has 0 atom stereocenters. The Balaban J connectivity index is 2.07. The zero-order valence-electron chi connectivity index (χ0n) is 10.1. The van der Waals surface area contributed by atoms with Crippen LogP contribution in [0, 0.1) is 5.92 Å². The molecule has 2 rings (SSSR count). The number of esters is 1. The standard InChI is InChI=1S/C12H18N2O3/c1-2-17-12(16)10-7-11(15)14(13-10)8-9-5-3-4-6-9/h7,9,13H,2-6,8H2,1H3. The average Bonchev–Trinajstić information content (AvgIpc) is 2.91. The summed E-state index contributed by atoms with van der Waals surface area (Å²) in [5, 5.41) is 2.82. The molecule has 0 bridgehead atoms. The molecule has 1 aromatic rings. The SMILES string of the molecule is CCOC(=O)c1cc(=O)n(CC2CCCC2)[nH]1. The van der Waals surface area contributed by atoms with Crippen LogP contribution in [0.4, 0.5) is 0 Å². The fourth-order valence-corrected chi connectivity index (χ4v) is 2.33. The van der Waals surface area contributed by atoms with Gasteiger partial charge in [-0.05, 0) is 25.7 Å². The molecule has 1 saturated carbocycles. The molecule has 1 aliphatic rings. The Hall–Kier alpha value is -1.52. The molecule has 0 aromatic carbocycles. The average molecular weight is 238 g/mol. The molecule has 5 heteroatoms. The summed E-state index contributed by atoms with van der Waals surface area (Å²) in [7, 11) is 0. The first-order valence-electron chi connectivity index (χ1n) is 6.17. The Morgan fingerprint density at radius 1 is 1.53 bits per heavy atom. The number of aromatic amines is 1. The van der Waals surface area contributed by atoms with Crippen LogP contribution in [-0.4, -0.2) is 22.4 Å². The van der Waals surface area contributed by atoms with Crippen molar-refractivity contribution in [2.45, 2.75) is 39.2 Å². The number of nitrogens with zero attached hydrogens (tertiary/aromatic N) is 1. The Kier molecular flexibility index (Phi) is 3.66. The van der Waals surface area contributed by atoms with Crippen molar-refractivity contribution in [1.29, 1.82) is 0 Å². The summed E-state index contributed by atoms with van der Waals surface area (Å²) >= 11 is 0. The second-order valence-corrected chi connectivity index (χ2v) is 4.49. The highest BCUT2D eigenvalue weighted by Crippen LogP contribution is 2.25. The summed E-state index contributed by atoms with van der Waals surface area (Å²) in [5.41, 5.74) is 0.0924. The minimum atomic E-state index is -0.463. The van der Waals surface area contributed by atoms with Crippen LogP contribution in [0.1, 0.15) is 43.1 Å². The van der Waals surface area contributed by atoms with E-state index in [0.717, 1.165) is 0 Å².